The van der Waals surface area contributed by atoms with Crippen LogP contribution in [0.1, 0.15) is 39.4 Å². The highest BCUT2D eigenvalue weighted by molar-refractivity contribution is 5.78. The van der Waals surface area contributed by atoms with Crippen molar-refractivity contribution in [1.29, 1.82) is 0 Å². The first kappa shape index (κ1) is 13.8. The van der Waals surface area contributed by atoms with Crippen LogP contribution in [0.25, 0.3) is 0 Å². The third kappa shape index (κ3) is 3.33. The molecule has 1 heterocycles. The van der Waals surface area contributed by atoms with Crippen molar-refractivity contribution in [2.75, 3.05) is 0 Å². The minimum Gasteiger partial charge on any atom is -0.480 e. The van der Waals surface area contributed by atoms with E-state index in [1.807, 2.05) is 32.9 Å². The Hall–Kier alpha value is -1.29. The normalized spacial score (nSPS) is 13.6. The summed E-state index contributed by atoms with van der Waals surface area (Å²) < 4.78 is 5.26. The van der Waals surface area contributed by atoms with Gasteiger partial charge in [0.05, 0.1) is 6.26 Å². The molecule has 0 radical (unpaired) electrons. The lowest BCUT2D eigenvalue weighted by Gasteiger charge is -2.31. The van der Waals surface area contributed by atoms with Gasteiger partial charge in [0.1, 0.15) is 11.3 Å². The van der Waals surface area contributed by atoms with Crippen molar-refractivity contribution in [1.82, 2.24) is 5.32 Å². The van der Waals surface area contributed by atoms with Crippen molar-refractivity contribution in [2.45, 2.75) is 51.6 Å². The topological polar surface area (TPSA) is 62.5 Å². The molecule has 0 bridgehead atoms. The standard InChI is InChI=1S/C13H21NO3/c1-4-13(5-2,12(15)16)14-10(3)9-11-7-6-8-17-11/h6-8,10,14H,4-5,9H2,1-3H3,(H,15,16). The number of aliphatic carboxylic acids is 1. The van der Waals surface area contributed by atoms with Crippen LogP contribution in [-0.4, -0.2) is 22.7 Å². The average Bonchev–Trinajstić information content (AvgIpc) is 2.78. The number of nitrogens with one attached hydrogen (secondary N) is 1. The quantitative estimate of drug-likeness (QED) is 0.767. The van der Waals surface area contributed by atoms with Gasteiger partial charge in [0.2, 0.25) is 0 Å². The predicted molar refractivity (Wildman–Crippen MR) is 66.0 cm³/mol. The van der Waals surface area contributed by atoms with Gasteiger partial charge in [0.15, 0.2) is 0 Å². The molecule has 0 aliphatic rings. The summed E-state index contributed by atoms with van der Waals surface area (Å²) >= 11 is 0. The third-order valence-corrected chi connectivity index (χ3v) is 3.23. The molecule has 1 aromatic heterocycles. The molecule has 2 N–H and O–H groups in total. The van der Waals surface area contributed by atoms with Crippen molar-refractivity contribution >= 4 is 5.97 Å². The summed E-state index contributed by atoms with van der Waals surface area (Å²) in [7, 11) is 0. The van der Waals surface area contributed by atoms with E-state index in [0.29, 0.717) is 19.3 Å². The molecule has 4 nitrogen and oxygen atoms in total. The fourth-order valence-corrected chi connectivity index (χ4v) is 2.07. The lowest BCUT2D eigenvalue weighted by atomic mass is 9.91. The molecule has 1 aromatic rings. The number of carbonyl (C=O) groups is 1. The van der Waals surface area contributed by atoms with Gasteiger partial charge < -0.3 is 9.52 Å². The Morgan fingerprint density at radius 1 is 1.53 bits per heavy atom. The van der Waals surface area contributed by atoms with Gasteiger partial charge in [0, 0.05) is 12.5 Å². The zero-order valence-electron chi connectivity index (χ0n) is 10.7. The summed E-state index contributed by atoms with van der Waals surface area (Å²) in [5.74, 6) is 0.0882. The Balaban J connectivity index is 2.64. The summed E-state index contributed by atoms with van der Waals surface area (Å²) in [5, 5.41) is 12.5. The van der Waals surface area contributed by atoms with Gasteiger partial charge in [-0.1, -0.05) is 13.8 Å². The molecule has 0 spiro atoms. The van der Waals surface area contributed by atoms with E-state index in [4.69, 9.17) is 4.42 Å². The molecule has 1 unspecified atom stereocenters. The highest BCUT2D eigenvalue weighted by atomic mass is 16.4. The predicted octanol–water partition coefficient (Wildman–Crippen LogP) is 2.44. The van der Waals surface area contributed by atoms with E-state index in [0.717, 1.165) is 5.76 Å². The van der Waals surface area contributed by atoms with Crippen molar-refractivity contribution in [3.8, 4) is 0 Å². The minimum absolute atomic E-state index is 0.0668. The molecule has 4 heteroatoms. The average molecular weight is 239 g/mol. The van der Waals surface area contributed by atoms with Gasteiger partial charge in [-0.2, -0.15) is 0 Å². The second-order valence-corrected chi connectivity index (χ2v) is 4.42. The molecule has 1 rings (SSSR count). The second kappa shape index (κ2) is 5.87. The van der Waals surface area contributed by atoms with E-state index < -0.39 is 11.5 Å². The molecule has 1 atom stereocenters. The Kier molecular flexibility index (Phi) is 4.75. The molecule has 0 saturated carbocycles. The summed E-state index contributed by atoms with van der Waals surface area (Å²) in [6.07, 6.45) is 3.47. The number of rotatable bonds is 7. The molecule has 96 valence electrons. The summed E-state index contributed by atoms with van der Waals surface area (Å²) in [4.78, 5) is 11.3. The van der Waals surface area contributed by atoms with Crippen LogP contribution in [0.15, 0.2) is 22.8 Å². The number of carboxylic acids is 1. The zero-order chi connectivity index (χ0) is 12.9. The summed E-state index contributed by atoms with van der Waals surface area (Å²) in [6.45, 7) is 5.76. The second-order valence-electron chi connectivity index (χ2n) is 4.42. The van der Waals surface area contributed by atoms with E-state index >= 15 is 0 Å². The number of furan rings is 1. The maximum Gasteiger partial charge on any atom is 0.323 e. The van der Waals surface area contributed by atoms with Gasteiger partial charge >= 0.3 is 5.97 Å². The monoisotopic (exact) mass is 239 g/mol. The van der Waals surface area contributed by atoms with Crippen molar-refractivity contribution in [2.24, 2.45) is 0 Å². The van der Waals surface area contributed by atoms with E-state index in [2.05, 4.69) is 5.32 Å². The Morgan fingerprint density at radius 3 is 2.59 bits per heavy atom. The van der Waals surface area contributed by atoms with Crippen molar-refractivity contribution in [3.05, 3.63) is 24.2 Å². The van der Waals surface area contributed by atoms with E-state index in [9.17, 15) is 9.90 Å². The van der Waals surface area contributed by atoms with Crippen LogP contribution in [0.3, 0.4) is 0 Å². The van der Waals surface area contributed by atoms with Gasteiger partial charge in [-0.3, -0.25) is 10.1 Å². The largest absolute Gasteiger partial charge is 0.480 e. The van der Waals surface area contributed by atoms with Crippen LogP contribution in [0.5, 0.6) is 0 Å². The van der Waals surface area contributed by atoms with E-state index in [1.54, 1.807) is 6.26 Å². The highest BCUT2D eigenvalue weighted by Crippen LogP contribution is 2.17. The first-order valence-corrected chi connectivity index (χ1v) is 6.07. The highest BCUT2D eigenvalue weighted by Gasteiger charge is 2.35. The SMILES string of the molecule is CCC(CC)(NC(C)Cc1ccco1)C(=O)O. The third-order valence-electron chi connectivity index (χ3n) is 3.23. The summed E-state index contributed by atoms with van der Waals surface area (Å²) in [5.41, 5.74) is -0.827. The lowest BCUT2D eigenvalue weighted by Crippen LogP contribution is -2.55. The molecule has 0 aliphatic heterocycles. The van der Waals surface area contributed by atoms with Crippen LogP contribution in [-0.2, 0) is 11.2 Å². The Morgan fingerprint density at radius 2 is 2.18 bits per heavy atom. The maximum absolute atomic E-state index is 11.3. The van der Waals surface area contributed by atoms with E-state index in [-0.39, 0.29) is 6.04 Å². The smallest absolute Gasteiger partial charge is 0.323 e. The molecule has 0 fully saturated rings. The molecule has 0 saturated heterocycles. The first-order chi connectivity index (χ1) is 8.04. The Bertz CT molecular complexity index is 342. The summed E-state index contributed by atoms with van der Waals surface area (Å²) in [6, 6.07) is 3.81. The molecule has 17 heavy (non-hydrogen) atoms. The van der Waals surface area contributed by atoms with Crippen LogP contribution in [0.2, 0.25) is 0 Å². The molecular formula is C13H21NO3. The maximum atomic E-state index is 11.3. The fourth-order valence-electron chi connectivity index (χ4n) is 2.07. The molecular weight excluding hydrogens is 218 g/mol. The van der Waals surface area contributed by atoms with E-state index in [1.165, 1.54) is 0 Å². The first-order valence-electron chi connectivity index (χ1n) is 6.07. The van der Waals surface area contributed by atoms with Crippen LogP contribution in [0, 0.1) is 0 Å². The fraction of sp³-hybridized carbons (Fsp3) is 0.615. The van der Waals surface area contributed by atoms with Crippen LogP contribution >= 0.6 is 0 Å². The van der Waals surface area contributed by atoms with Gasteiger partial charge in [0.25, 0.3) is 0 Å². The van der Waals surface area contributed by atoms with Gasteiger partial charge in [-0.15, -0.1) is 0 Å². The number of carboxylic acid groups (broad SMARTS) is 1. The molecule has 0 amide bonds. The number of hydrogen-bond acceptors (Lipinski definition) is 3. The molecule has 0 aliphatic carbocycles. The lowest BCUT2D eigenvalue weighted by molar-refractivity contribution is -0.145. The van der Waals surface area contributed by atoms with Crippen molar-refractivity contribution < 1.29 is 14.3 Å². The Labute approximate surface area is 102 Å². The van der Waals surface area contributed by atoms with Crippen LogP contribution in [0.4, 0.5) is 0 Å². The minimum atomic E-state index is -0.827. The number of hydrogen-bond donors (Lipinski definition) is 2. The van der Waals surface area contributed by atoms with Gasteiger partial charge in [-0.05, 0) is 31.9 Å². The van der Waals surface area contributed by atoms with Crippen molar-refractivity contribution in [3.63, 3.8) is 0 Å². The molecule has 0 aromatic carbocycles. The van der Waals surface area contributed by atoms with Crippen LogP contribution < -0.4 is 5.32 Å². The van der Waals surface area contributed by atoms with Gasteiger partial charge in [-0.25, -0.2) is 0 Å². The zero-order valence-corrected chi connectivity index (χ0v) is 10.7.